The molecule has 2 aromatic rings. The van der Waals surface area contributed by atoms with Crippen molar-refractivity contribution in [3.05, 3.63) is 69.7 Å². The van der Waals surface area contributed by atoms with Gasteiger partial charge in [0.1, 0.15) is 11.6 Å². The Bertz CT molecular complexity index is 613. The summed E-state index contributed by atoms with van der Waals surface area (Å²) in [5.41, 5.74) is 2.37. The number of hydrogen-bond donors (Lipinski definition) is 1. The van der Waals surface area contributed by atoms with Gasteiger partial charge >= 0.3 is 0 Å². The van der Waals surface area contributed by atoms with Crippen molar-refractivity contribution in [3.63, 3.8) is 0 Å². The summed E-state index contributed by atoms with van der Waals surface area (Å²) < 4.78 is 27.0. The molecule has 20 heavy (non-hydrogen) atoms. The van der Waals surface area contributed by atoms with Crippen molar-refractivity contribution in [2.24, 2.45) is 0 Å². The standard InChI is InChI=1S/C16H16ClF2N/c1-10-3-6-15(19)13(7-10)16(20-2)8-11-4-5-12(18)9-14(11)17/h3-7,9,16,20H,8H2,1-2H3. The summed E-state index contributed by atoms with van der Waals surface area (Å²) in [4.78, 5) is 0. The molecule has 0 bridgehead atoms. The average molecular weight is 296 g/mol. The summed E-state index contributed by atoms with van der Waals surface area (Å²) in [7, 11) is 1.77. The lowest BCUT2D eigenvalue weighted by Gasteiger charge is -2.19. The summed E-state index contributed by atoms with van der Waals surface area (Å²) in [5, 5.41) is 3.44. The molecule has 106 valence electrons. The van der Waals surface area contributed by atoms with Gasteiger partial charge in [-0.15, -0.1) is 0 Å². The number of rotatable bonds is 4. The second kappa shape index (κ2) is 6.33. The van der Waals surface area contributed by atoms with Crippen LogP contribution < -0.4 is 5.32 Å². The van der Waals surface area contributed by atoms with Gasteiger partial charge in [-0.1, -0.05) is 35.4 Å². The number of aryl methyl sites for hydroxylation is 1. The minimum atomic E-state index is -0.374. The van der Waals surface area contributed by atoms with Crippen molar-refractivity contribution in [2.75, 3.05) is 7.05 Å². The monoisotopic (exact) mass is 295 g/mol. The molecular weight excluding hydrogens is 280 g/mol. The summed E-state index contributed by atoms with van der Waals surface area (Å²) in [6, 6.07) is 9.07. The molecule has 0 amide bonds. The average Bonchev–Trinajstić information content (AvgIpc) is 2.41. The maximum absolute atomic E-state index is 13.9. The van der Waals surface area contributed by atoms with E-state index in [4.69, 9.17) is 11.6 Å². The number of hydrogen-bond acceptors (Lipinski definition) is 1. The maximum Gasteiger partial charge on any atom is 0.128 e. The molecule has 0 spiro atoms. The molecule has 0 saturated carbocycles. The molecule has 4 heteroatoms. The largest absolute Gasteiger partial charge is 0.313 e. The maximum atomic E-state index is 13.9. The fraction of sp³-hybridized carbons (Fsp3) is 0.250. The van der Waals surface area contributed by atoms with E-state index in [0.29, 0.717) is 17.0 Å². The highest BCUT2D eigenvalue weighted by atomic mass is 35.5. The van der Waals surface area contributed by atoms with Gasteiger partial charge in [-0.05, 0) is 44.2 Å². The van der Waals surface area contributed by atoms with E-state index in [1.807, 2.05) is 13.0 Å². The minimum Gasteiger partial charge on any atom is -0.313 e. The Labute approximate surface area is 122 Å². The van der Waals surface area contributed by atoms with E-state index < -0.39 is 0 Å². The van der Waals surface area contributed by atoms with E-state index in [-0.39, 0.29) is 17.7 Å². The summed E-state index contributed by atoms with van der Waals surface area (Å²) in [5.74, 6) is -0.630. The fourth-order valence-corrected chi connectivity index (χ4v) is 2.45. The first kappa shape index (κ1) is 14.9. The number of likely N-dealkylation sites (N-methyl/N-ethyl adjacent to an activating group) is 1. The summed E-state index contributed by atoms with van der Waals surface area (Å²) in [6.45, 7) is 1.92. The van der Waals surface area contributed by atoms with Crippen molar-refractivity contribution in [3.8, 4) is 0 Å². The number of benzene rings is 2. The highest BCUT2D eigenvalue weighted by Gasteiger charge is 2.16. The van der Waals surface area contributed by atoms with Crippen LogP contribution in [0.15, 0.2) is 36.4 Å². The molecule has 2 rings (SSSR count). The molecule has 1 atom stereocenters. The lowest BCUT2D eigenvalue weighted by molar-refractivity contribution is 0.533. The summed E-state index contributed by atoms with van der Waals surface area (Å²) >= 11 is 6.03. The van der Waals surface area contributed by atoms with E-state index in [1.165, 1.54) is 18.2 Å². The Morgan fingerprint density at radius 1 is 1.15 bits per heavy atom. The second-order valence-corrected chi connectivity index (χ2v) is 5.21. The van der Waals surface area contributed by atoms with E-state index in [2.05, 4.69) is 5.32 Å². The Kier molecular flexibility index (Phi) is 4.73. The van der Waals surface area contributed by atoms with Crippen LogP contribution in [0.3, 0.4) is 0 Å². The zero-order chi connectivity index (χ0) is 14.7. The van der Waals surface area contributed by atoms with E-state index in [9.17, 15) is 8.78 Å². The highest BCUT2D eigenvalue weighted by molar-refractivity contribution is 6.31. The van der Waals surface area contributed by atoms with Gasteiger partial charge in [-0.2, -0.15) is 0 Å². The molecule has 0 fully saturated rings. The first-order chi connectivity index (χ1) is 9.51. The van der Waals surface area contributed by atoms with Crippen LogP contribution in [0.25, 0.3) is 0 Å². The molecule has 1 nitrogen and oxygen atoms in total. The first-order valence-electron chi connectivity index (χ1n) is 6.38. The van der Waals surface area contributed by atoms with Gasteiger partial charge in [0, 0.05) is 16.6 Å². The van der Waals surface area contributed by atoms with Crippen LogP contribution in [0.2, 0.25) is 5.02 Å². The molecule has 0 aliphatic carbocycles. The Hall–Kier alpha value is -1.45. The predicted octanol–water partition coefficient (Wildman–Crippen LogP) is 4.43. The van der Waals surface area contributed by atoms with Gasteiger partial charge in [0.15, 0.2) is 0 Å². The normalized spacial score (nSPS) is 12.4. The van der Waals surface area contributed by atoms with Gasteiger partial charge in [0.25, 0.3) is 0 Å². The van der Waals surface area contributed by atoms with Gasteiger partial charge in [0.05, 0.1) is 0 Å². The van der Waals surface area contributed by atoms with Crippen LogP contribution in [0, 0.1) is 18.6 Å². The lowest BCUT2D eigenvalue weighted by Crippen LogP contribution is -2.20. The SMILES string of the molecule is CNC(Cc1ccc(F)cc1Cl)c1cc(C)ccc1F. The molecular formula is C16H16ClF2N. The smallest absolute Gasteiger partial charge is 0.128 e. The van der Waals surface area contributed by atoms with Crippen molar-refractivity contribution in [2.45, 2.75) is 19.4 Å². The van der Waals surface area contributed by atoms with Crippen LogP contribution in [-0.2, 0) is 6.42 Å². The fourth-order valence-electron chi connectivity index (χ4n) is 2.20. The molecule has 0 heterocycles. The number of nitrogens with one attached hydrogen (secondary N) is 1. The molecule has 0 aliphatic rings. The zero-order valence-corrected chi connectivity index (χ0v) is 12.1. The molecule has 0 aromatic heterocycles. The lowest BCUT2D eigenvalue weighted by atomic mass is 9.97. The molecule has 0 radical (unpaired) electrons. The van der Waals surface area contributed by atoms with Crippen molar-refractivity contribution < 1.29 is 8.78 Å². The van der Waals surface area contributed by atoms with Gasteiger partial charge in [-0.3, -0.25) is 0 Å². The molecule has 0 aliphatic heterocycles. The van der Waals surface area contributed by atoms with Crippen LogP contribution in [0.4, 0.5) is 8.78 Å². The van der Waals surface area contributed by atoms with Gasteiger partial charge in [0.2, 0.25) is 0 Å². The molecule has 0 saturated heterocycles. The van der Waals surface area contributed by atoms with Crippen LogP contribution in [0.1, 0.15) is 22.7 Å². The molecule has 1 N–H and O–H groups in total. The first-order valence-corrected chi connectivity index (χ1v) is 6.76. The molecule has 2 aromatic carbocycles. The third kappa shape index (κ3) is 3.35. The predicted molar refractivity (Wildman–Crippen MR) is 78.1 cm³/mol. The third-order valence-electron chi connectivity index (χ3n) is 3.31. The number of halogens is 3. The van der Waals surface area contributed by atoms with E-state index in [0.717, 1.165) is 11.1 Å². The van der Waals surface area contributed by atoms with Crippen molar-refractivity contribution >= 4 is 11.6 Å². The quantitative estimate of drug-likeness (QED) is 0.880. The van der Waals surface area contributed by atoms with Crippen LogP contribution in [0.5, 0.6) is 0 Å². The Morgan fingerprint density at radius 2 is 1.90 bits per heavy atom. The van der Waals surface area contributed by atoms with E-state index in [1.54, 1.807) is 19.2 Å². The minimum absolute atomic E-state index is 0.210. The second-order valence-electron chi connectivity index (χ2n) is 4.81. The van der Waals surface area contributed by atoms with Crippen LogP contribution in [-0.4, -0.2) is 7.05 Å². The topological polar surface area (TPSA) is 12.0 Å². The highest BCUT2D eigenvalue weighted by Crippen LogP contribution is 2.26. The van der Waals surface area contributed by atoms with Crippen molar-refractivity contribution in [1.29, 1.82) is 0 Å². The zero-order valence-electron chi connectivity index (χ0n) is 11.4. The van der Waals surface area contributed by atoms with Gasteiger partial charge in [-0.25, -0.2) is 8.78 Å². The van der Waals surface area contributed by atoms with Crippen molar-refractivity contribution in [1.82, 2.24) is 5.32 Å². The van der Waals surface area contributed by atoms with Crippen LogP contribution >= 0.6 is 11.6 Å². The Morgan fingerprint density at radius 3 is 2.55 bits per heavy atom. The molecule has 1 unspecified atom stereocenters. The third-order valence-corrected chi connectivity index (χ3v) is 3.67. The summed E-state index contributed by atoms with van der Waals surface area (Å²) in [6.07, 6.45) is 0.496. The van der Waals surface area contributed by atoms with E-state index >= 15 is 0 Å². The Balaban J connectivity index is 2.31. The van der Waals surface area contributed by atoms with Gasteiger partial charge < -0.3 is 5.32 Å².